The van der Waals surface area contributed by atoms with Gasteiger partial charge in [0.25, 0.3) is 0 Å². The number of hydrogen-bond acceptors (Lipinski definition) is 7. The second kappa shape index (κ2) is 10.2. The number of hydrogen-bond donors (Lipinski definition) is 1. The lowest BCUT2D eigenvalue weighted by Crippen LogP contribution is -2.48. The van der Waals surface area contributed by atoms with Crippen LogP contribution in [0.2, 0.25) is 0 Å². The van der Waals surface area contributed by atoms with Crippen molar-refractivity contribution >= 4 is 23.6 Å². The summed E-state index contributed by atoms with van der Waals surface area (Å²) < 4.78 is 15.1. The van der Waals surface area contributed by atoms with Gasteiger partial charge in [0, 0.05) is 12.6 Å². The highest BCUT2D eigenvalue weighted by atomic mass is 16.5. The van der Waals surface area contributed by atoms with Gasteiger partial charge < -0.3 is 19.5 Å². The molecule has 0 aromatic heterocycles. The number of ether oxygens (including phenoxy) is 3. The molecule has 1 fully saturated rings. The summed E-state index contributed by atoms with van der Waals surface area (Å²) in [7, 11) is 4.17. The summed E-state index contributed by atoms with van der Waals surface area (Å²) in [5.74, 6) is -0.698. The SMILES string of the molecule is COC(=O)[C@H](C[C@@]1(C(=O)OC)CCC/C1=N\C(C)c1ccc(OC)cc1)NC(C)=O. The molecule has 8 heteroatoms. The van der Waals surface area contributed by atoms with E-state index in [2.05, 4.69) is 5.32 Å². The van der Waals surface area contributed by atoms with Crippen LogP contribution in [-0.2, 0) is 23.9 Å². The number of rotatable bonds is 8. The molecule has 164 valence electrons. The molecule has 3 atom stereocenters. The zero-order valence-corrected chi connectivity index (χ0v) is 18.2. The molecular formula is C22H30N2O6. The summed E-state index contributed by atoms with van der Waals surface area (Å²) in [6.45, 7) is 3.26. The molecule has 0 spiro atoms. The molecule has 0 aliphatic heterocycles. The van der Waals surface area contributed by atoms with Crippen molar-refractivity contribution in [3.05, 3.63) is 29.8 Å². The lowest BCUT2D eigenvalue weighted by molar-refractivity contribution is -0.152. The molecule has 1 aliphatic carbocycles. The summed E-state index contributed by atoms with van der Waals surface area (Å²) in [4.78, 5) is 41.6. The zero-order chi connectivity index (χ0) is 22.3. The Bertz CT molecular complexity index is 804. The molecule has 0 bridgehead atoms. The molecule has 1 aromatic carbocycles. The number of carbonyl (C=O) groups excluding carboxylic acids is 3. The van der Waals surface area contributed by atoms with Crippen LogP contribution in [0.4, 0.5) is 0 Å². The van der Waals surface area contributed by atoms with Gasteiger partial charge in [-0.3, -0.25) is 14.6 Å². The van der Waals surface area contributed by atoms with Crippen molar-refractivity contribution in [2.45, 2.75) is 51.6 Å². The molecule has 1 N–H and O–H groups in total. The number of carbonyl (C=O) groups is 3. The molecule has 0 radical (unpaired) electrons. The number of amides is 1. The van der Waals surface area contributed by atoms with Crippen molar-refractivity contribution in [1.82, 2.24) is 5.32 Å². The first kappa shape index (κ1) is 23.4. The van der Waals surface area contributed by atoms with E-state index in [0.717, 1.165) is 17.7 Å². The fourth-order valence-corrected chi connectivity index (χ4v) is 3.97. The maximum absolute atomic E-state index is 12.9. The van der Waals surface area contributed by atoms with Gasteiger partial charge in [-0.15, -0.1) is 0 Å². The van der Waals surface area contributed by atoms with Gasteiger partial charge in [0.05, 0.1) is 27.4 Å². The van der Waals surface area contributed by atoms with E-state index in [1.54, 1.807) is 7.11 Å². The van der Waals surface area contributed by atoms with Crippen LogP contribution in [0.25, 0.3) is 0 Å². The number of benzene rings is 1. The van der Waals surface area contributed by atoms with E-state index in [4.69, 9.17) is 19.2 Å². The first-order valence-electron chi connectivity index (χ1n) is 9.91. The van der Waals surface area contributed by atoms with Crippen molar-refractivity contribution in [2.75, 3.05) is 21.3 Å². The molecule has 1 unspecified atom stereocenters. The van der Waals surface area contributed by atoms with Crippen LogP contribution in [0, 0.1) is 5.41 Å². The fourth-order valence-electron chi connectivity index (χ4n) is 3.97. The van der Waals surface area contributed by atoms with Crippen molar-refractivity contribution in [3.63, 3.8) is 0 Å². The van der Waals surface area contributed by atoms with Gasteiger partial charge in [-0.1, -0.05) is 12.1 Å². The third-order valence-electron chi connectivity index (χ3n) is 5.51. The lowest BCUT2D eigenvalue weighted by Gasteiger charge is -2.31. The number of aliphatic imine (C=N–C) groups is 1. The van der Waals surface area contributed by atoms with Crippen LogP contribution in [-0.4, -0.2) is 50.9 Å². The molecule has 2 rings (SSSR count). The number of methoxy groups -OCH3 is 3. The first-order chi connectivity index (χ1) is 14.3. The summed E-state index contributed by atoms with van der Waals surface area (Å²) >= 11 is 0. The topological polar surface area (TPSA) is 103 Å². The molecule has 0 heterocycles. The van der Waals surface area contributed by atoms with E-state index in [1.807, 2.05) is 31.2 Å². The Morgan fingerprint density at radius 1 is 1.13 bits per heavy atom. The van der Waals surface area contributed by atoms with Gasteiger partial charge in [0.2, 0.25) is 5.91 Å². The summed E-state index contributed by atoms with van der Waals surface area (Å²) in [5, 5.41) is 2.59. The van der Waals surface area contributed by atoms with Gasteiger partial charge in [0.1, 0.15) is 17.2 Å². The largest absolute Gasteiger partial charge is 0.497 e. The van der Waals surface area contributed by atoms with Crippen LogP contribution < -0.4 is 10.1 Å². The van der Waals surface area contributed by atoms with E-state index < -0.39 is 23.4 Å². The molecule has 1 saturated carbocycles. The Labute approximate surface area is 177 Å². The lowest BCUT2D eigenvalue weighted by atomic mass is 9.78. The molecule has 8 nitrogen and oxygen atoms in total. The molecule has 0 saturated heterocycles. The fraction of sp³-hybridized carbons (Fsp3) is 0.545. The third-order valence-corrected chi connectivity index (χ3v) is 5.51. The predicted octanol–water partition coefficient (Wildman–Crippen LogP) is 2.61. The minimum absolute atomic E-state index is 0.0418. The standard InChI is InChI=1S/C22H30N2O6/c1-14(16-8-10-17(28-3)11-9-16)23-19-7-6-12-22(19,21(27)30-5)13-18(20(26)29-4)24-15(2)25/h8-11,14,18H,6-7,12-13H2,1-5H3,(H,24,25)/b23-19+/t14?,18-,22-/m0/s1. The van der Waals surface area contributed by atoms with Crippen LogP contribution >= 0.6 is 0 Å². The quantitative estimate of drug-likeness (QED) is 0.651. The number of nitrogens with zero attached hydrogens (tertiary/aromatic N) is 1. The molecule has 1 amide bonds. The van der Waals surface area contributed by atoms with Crippen LogP contribution in [0.15, 0.2) is 29.3 Å². The third kappa shape index (κ3) is 5.17. The van der Waals surface area contributed by atoms with Crippen molar-refractivity contribution < 1.29 is 28.6 Å². The summed E-state index contributed by atoms with van der Waals surface area (Å²) in [6.07, 6.45) is 1.88. The highest BCUT2D eigenvalue weighted by Gasteiger charge is 2.50. The second-order valence-corrected chi connectivity index (χ2v) is 7.43. The molecule has 1 aliphatic rings. The monoisotopic (exact) mass is 418 g/mol. The Hall–Kier alpha value is -2.90. The van der Waals surface area contributed by atoms with Crippen LogP contribution in [0.1, 0.15) is 51.1 Å². The minimum Gasteiger partial charge on any atom is -0.497 e. The van der Waals surface area contributed by atoms with Gasteiger partial charge in [0.15, 0.2) is 0 Å². The van der Waals surface area contributed by atoms with Crippen molar-refractivity contribution in [1.29, 1.82) is 0 Å². The minimum atomic E-state index is -1.09. The van der Waals surface area contributed by atoms with Gasteiger partial charge in [-0.25, -0.2) is 4.79 Å². The second-order valence-electron chi connectivity index (χ2n) is 7.43. The molecule has 1 aromatic rings. The van der Waals surface area contributed by atoms with E-state index in [9.17, 15) is 14.4 Å². The van der Waals surface area contributed by atoms with Gasteiger partial charge in [-0.05, 0) is 50.3 Å². The summed E-state index contributed by atoms with van der Waals surface area (Å²) in [6, 6.07) is 6.40. The van der Waals surface area contributed by atoms with E-state index >= 15 is 0 Å². The highest BCUT2D eigenvalue weighted by Crippen LogP contribution is 2.42. The molecule has 30 heavy (non-hydrogen) atoms. The average molecular weight is 418 g/mol. The summed E-state index contributed by atoms with van der Waals surface area (Å²) in [5.41, 5.74) is 0.564. The van der Waals surface area contributed by atoms with E-state index in [1.165, 1.54) is 21.1 Å². The Kier molecular flexibility index (Phi) is 7.97. The maximum Gasteiger partial charge on any atom is 0.328 e. The van der Waals surface area contributed by atoms with Crippen LogP contribution in [0.3, 0.4) is 0 Å². The number of esters is 2. The Balaban J connectivity index is 2.40. The maximum atomic E-state index is 12.9. The van der Waals surface area contributed by atoms with E-state index in [-0.39, 0.29) is 18.4 Å². The predicted molar refractivity (Wildman–Crippen MR) is 111 cm³/mol. The van der Waals surface area contributed by atoms with Crippen molar-refractivity contribution in [2.24, 2.45) is 10.4 Å². The number of nitrogens with one attached hydrogen (secondary N) is 1. The van der Waals surface area contributed by atoms with E-state index in [0.29, 0.717) is 18.6 Å². The first-order valence-corrected chi connectivity index (χ1v) is 9.91. The van der Waals surface area contributed by atoms with Crippen molar-refractivity contribution in [3.8, 4) is 5.75 Å². The average Bonchev–Trinajstić information content (AvgIpc) is 3.14. The van der Waals surface area contributed by atoms with Gasteiger partial charge in [-0.2, -0.15) is 0 Å². The smallest absolute Gasteiger partial charge is 0.328 e. The van der Waals surface area contributed by atoms with Crippen LogP contribution in [0.5, 0.6) is 5.75 Å². The normalized spacial score (nSPS) is 21.6. The Morgan fingerprint density at radius 3 is 2.33 bits per heavy atom. The Morgan fingerprint density at radius 2 is 1.80 bits per heavy atom. The zero-order valence-electron chi connectivity index (χ0n) is 18.2. The van der Waals surface area contributed by atoms with Gasteiger partial charge >= 0.3 is 11.9 Å². The molecular weight excluding hydrogens is 388 g/mol. The highest BCUT2D eigenvalue weighted by molar-refractivity contribution is 6.08.